The minimum absolute atomic E-state index is 0.191. The van der Waals surface area contributed by atoms with Crippen LogP contribution in [0.1, 0.15) is 211 Å². The summed E-state index contributed by atoms with van der Waals surface area (Å²) in [6, 6.07) is 105. The number of hydrogen-bond acceptors (Lipinski definition) is 3. The van der Waals surface area contributed by atoms with Crippen LogP contribution in [0, 0.1) is 0 Å². The molecular weight excluding hydrogens is 1400 g/mol. The third-order valence-electron chi connectivity index (χ3n) is 25.0. The Morgan fingerprint density at radius 1 is 0.216 bits per heavy atom. The molecule has 116 heavy (non-hydrogen) atoms. The SMILES string of the molecule is CC(C)(C)c1cc(N(c2cc(C(C)(C)C)cc(C(C)(C)C)c2)c2cc3c4c(c2)N(c2cc(C(C)(C)C)cc(C(C)(C)C)c2)c2cc(-n5c6ccccc6c6cc(-c7ccccc7)ccc65)ccc2B4c2ccc(-n4c5ccccc5c5cc(-c6ccccc6)ccc54)cc2N3c2cc(C(C)(C)C)cc(C(C)(C)C)c2)cc(C(C)(C)C)c1. The predicted molar refractivity (Wildman–Crippen MR) is 504 cm³/mol. The Labute approximate surface area is 691 Å². The maximum Gasteiger partial charge on any atom is 0.252 e. The van der Waals surface area contributed by atoms with Crippen LogP contribution in [0.5, 0.6) is 0 Å². The lowest BCUT2D eigenvalue weighted by Crippen LogP contribution is -2.61. The van der Waals surface area contributed by atoms with Crippen molar-refractivity contribution in [1.29, 1.82) is 0 Å². The van der Waals surface area contributed by atoms with Crippen molar-refractivity contribution in [3.63, 3.8) is 0 Å². The summed E-state index contributed by atoms with van der Waals surface area (Å²) >= 11 is 0. The molecule has 4 heterocycles. The van der Waals surface area contributed by atoms with Gasteiger partial charge in [0.2, 0.25) is 0 Å². The molecule has 2 aliphatic rings. The highest BCUT2D eigenvalue weighted by molar-refractivity contribution is 7.00. The van der Waals surface area contributed by atoms with Crippen molar-refractivity contribution in [2.75, 3.05) is 14.7 Å². The van der Waals surface area contributed by atoms with Gasteiger partial charge in [0.25, 0.3) is 6.71 Å². The highest BCUT2D eigenvalue weighted by Crippen LogP contribution is 2.53. The van der Waals surface area contributed by atoms with E-state index in [0.29, 0.717) is 0 Å². The average Bonchev–Trinajstić information content (AvgIpc) is 0.759. The van der Waals surface area contributed by atoms with E-state index in [1.54, 1.807) is 0 Å². The third kappa shape index (κ3) is 13.7. The van der Waals surface area contributed by atoms with E-state index < -0.39 is 0 Å². The van der Waals surface area contributed by atoms with E-state index in [1.165, 1.54) is 116 Å². The molecule has 6 heteroatoms. The summed E-state index contributed by atoms with van der Waals surface area (Å²) in [5.74, 6) is 0. The van der Waals surface area contributed by atoms with Crippen molar-refractivity contribution in [2.45, 2.75) is 209 Å². The highest BCUT2D eigenvalue weighted by atomic mass is 15.2. The second-order valence-electron chi connectivity index (χ2n) is 41.8. The lowest BCUT2D eigenvalue weighted by molar-refractivity contribution is 0.567. The van der Waals surface area contributed by atoms with E-state index in [-0.39, 0.29) is 50.0 Å². The molecule has 0 fully saturated rings. The van der Waals surface area contributed by atoms with E-state index in [0.717, 1.165) is 73.6 Å². The molecule has 0 radical (unpaired) electrons. The average molecular weight is 1520 g/mol. The van der Waals surface area contributed by atoms with Crippen LogP contribution in [-0.2, 0) is 43.3 Å². The Morgan fingerprint density at radius 3 is 0.819 bits per heavy atom. The number of anilines is 9. The van der Waals surface area contributed by atoms with E-state index in [1.807, 2.05) is 0 Å². The molecule has 584 valence electrons. The predicted octanol–water partition coefficient (Wildman–Crippen LogP) is 29.1. The first-order valence-electron chi connectivity index (χ1n) is 42.2. The van der Waals surface area contributed by atoms with Crippen LogP contribution in [0.4, 0.5) is 51.2 Å². The summed E-state index contributed by atoms with van der Waals surface area (Å²) in [6.45, 7) is 57.0. The van der Waals surface area contributed by atoms with Crippen molar-refractivity contribution in [2.24, 2.45) is 0 Å². The Kier molecular flexibility index (Phi) is 18.2. The van der Waals surface area contributed by atoms with Gasteiger partial charge in [-0.2, -0.15) is 0 Å². The van der Waals surface area contributed by atoms with E-state index in [2.05, 4.69) is 457 Å². The molecular formula is C110H116BN5. The van der Waals surface area contributed by atoms with Crippen LogP contribution in [0.25, 0.3) is 77.2 Å². The van der Waals surface area contributed by atoms with Crippen LogP contribution in [0.15, 0.2) is 267 Å². The lowest BCUT2D eigenvalue weighted by atomic mass is 9.33. The maximum absolute atomic E-state index is 2.73. The molecule has 15 aromatic rings. The maximum atomic E-state index is 2.73. The molecule has 17 rings (SSSR count). The quantitative estimate of drug-likeness (QED) is 0.134. The van der Waals surface area contributed by atoms with Gasteiger partial charge in [-0.3, -0.25) is 0 Å². The van der Waals surface area contributed by atoms with Crippen LogP contribution in [-0.4, -0.2) is 15.8 Å². The third-order valence-corrected chi connectivity index (χ3v) is 25.0. The van der Waals surface area contributed by atoms with Crippen molar-refractivity contribution in [3.05, 3.63) is 311 Å². The topological polar surface area (TPSA) is 19.6 Å². The van der Waals surface area contributed by atoms with Gasteiger partial charge in [0.1, 0.15) is 0 Å². The molecule has 0 unspecified atom stereocenters. The summed E-state index contributed by atoms with van der Waals surface area (Å²) in [4.78, 5) is 8.13. The molecule has 0 saturated carbocycles. The summed E-state index contributed by atoms with van der Waals surface area (Å²) in [7, 11) is 0. The Hall–Kier alpha value is -11.1. The number of benzene rings is 13. The lowest BCUT2D eigenvalue weighted by Gasteiger charge is -2.46. The number of nitrogens with zero attached hydrogens (tertiary/aromatic N) is 5. The van der Waals surface area contributed by atoms with Gasteiger partial charge < -0.3 is 23.8 Å². The van der Waals surface area contributed by atoms with Gasteiger partial charge in [-0.15, -0.1) is 0 Å². The van der Waals surface area contributed by atoms with Gasteiger partial charge in [0.05, 0.1) is 27.8 Å². The van der Waals surface area contributed by atoms with Crippen molar-refractivity contribution in [3.8, 4) is 33.6 Å². The van der Waals surface area contributed by atoms with Gasteiger partial charge in [-0.05, 0) is 248 Å². The van der Waals surface area contributed by atoms with Gasteiger partial charge in [0, 0.05) is 78.4 Å². The molecule has 0 aliphatic carbocycles. The Bertz CT molecular complexity index is 5910. The molecule has 0 N–H and O–H groups in total. The molecule has 0 amide bonds. The largest absolute Gasteiger partial charge is 0.311 e. The van der Waals surface area contributed by atoms with Crippen molar-refractivity contribution < 1.29 is 0 Å². The summed E-state index contributed by atoms with van der Waals surface area (Å²) in [5, 5.41) is 4.89. The van der Waals surface area contributed by atoms with Crippen LogP contribution in [0.2, 0.25) is 0 Å². The molecule has 0 bridgehead atoms. The van der Waals surface area contributed by atoms with Gasteiger partial charge in [-0.25, -0.2) is 0 Å². The Morgan fingerprint density at radius 2 is 0.500 bits per heavy atom. The fraction of sp³-hybridized carbons (Fsp3) is 0.291. The molecule has 0 saturated heterocycles. The molecule has 0 spiro atoms. The number of aromatic nitrogens is 2. The molecule has 5 nitrogen and oxygen atoms in total. The first kappa shape index (κ1) is 77.5. The van der Waals surface area contributed by atoms with Crippen LogP contribution >= 0.6 is 0 Å². The van der Waals surface area contributed by atoms with E-state index in [4.69, 9.17) is 0 Å². The van der Waals surface area contributed by atoms with Crippen molar-refractivity contribution in [1.82, 2.24) is 9.13 Å². The zero-order valence-electron chi connectivity index (χ0n) is 73.2. The van der Waals surface area contributed by atoms with Gasteiger partial charge in [-0.1, -0.05) is 312 Å². The zero-order chi connectivity index (χ0) is 82.2. The fourth-order valence-corrected chi connectivity index (χ4v) is 17.9. The summed E-state index contributed by atoms with van der Waals surface area (Å²) in [5.41, 5.74) is 34.3. The minimum atomic E-state index is -0.254. The normalized spacial score (nSPS) is 13.6. The van der Waals surface area contributed by atoms with Gasteiger partial charge in [0.15, 0.2) is 0 Å². The number of para-hydroxylation sites is 2. The first-order valence-corrected chi connectivity index (χ1v) is 42.2. The Balaban J connectivity index is 1.06. The number of hydrogen-bond donors (Lipinski definition) is 0. The summed E-state index contributed by atoms with van der Waals surface area (Å²) < 4.78 is 5.08. The van der Waals surface area contributed by atoms with Crippen LogP contribution in [0.3, 0.4) is 0 Å². The standard InChI is InChI=1S/C110H116BN5/c1-103(2,3)73-53-74(104(4,5)6)58-83(57-73)112(84-59-75(105(7,8)9)54-76(60-84)106(10,11)12)87-67-100-102-101(68-87)116(86-63-79(109(19,20)21)56-80(64-86)110(22,23)24)99-66-82(114-95-42-34-32-40-89(95)91-52-72(44-50-97(91)114)70-37-29-26-30-38-70)46-48-93(99)111(102)92-47-45-81(65-98(92)115(100)85-61-77(107(13,14)15)55-78(62-85)108(16,17)18)113-94-41-33-31-39-88(94)90-51-71(43-49-96(90)113)69-35-27-25-28-36-69/h25-68H,1-24H3. The summed E-state index contributed by atoms with van der Waals surface area (Å²) in [6.07, 6.45) is 0. The smallest absolute Gasteiger partial charge is 0.252 e. The first-order chi connectivity index (χ1) is 54.5. The number of rotatable bonds is 9. The molecule has 2 aromatic heterocycles. The van der Waals surface area contributed by atoms with E-state index >= 15 is 0 Å². The monoisotopic (exact) mass is 1520 g/mol. The highest BCUT2D eigenvalue weighted by Gasteiger charge is 2.46. The minimum Gasteiger partial charge on any atom is -0.311 e. The molecule has 13 aromatic carbocycles. The molecule has 0 atom stereocenters. The van der Waals surface area contributed by atoms with Crippen molar-refractivity contribution >= 4 is 118 Å². The second kappa shape index (κ2) is 27.3. The van der Waals surface area contributed by atoms with Gasteiger partial charge >= 0.3 is 0 Å². The second-order valence-corrected chi connectivity index (χ2v) is 41.8. The van der Waals surface area contributed by atoms with Crippen LogP contribution < -0.4 is 31.1 Å². The number of fused-ring (bicyclic) bond motifs is 10. The zero-order valence-corrected chi connectivity index (χ0v) is 73.2. The molecule has 2 aliphatic heterocycles. The fourth-order valence-electron chi connectivity index (χ4n) is 17.9. The van der Waals surface area contributed by atoms with E-state index in [9.17, 15) is 0 Å².